The third kappa shape index (κ3) is 3.10. The van der Waals surface area contributed by atoms with Crippen LogP contribution in [-0.2, 0) is 6.54 Å². The van der Waals surface area contributed by atoms with Crippen molar-refractivity contribution < 1.29 is 0 Å². The predicted octanol–water partition coefficient (Wildman–Crippen LogP) is 2.79. The van der Waals surface area contributed by atoms with E-state index in [0.29, 0.717) is 12.5 Å². The van der Waals surface area contributed by atoms with E-state index in [-0.39, 0.29) is 0 Å². The van der Waals surface area contributed by atoms with Gasteiger partial charge in [0.05, 0.1) is 5.69 Å². The minimum absolute atomic E-state index is 0.519. The van der Waals surface area contributed by atoms with E-state index >= 15 is 0 Å². The maximum atomic E-state index is 5.93. The van der Waals surface area contributed by atoms with Gasteiger partial charge in [-0.15, -0.1) is 11.3 Å². The number of nitrogens with two attached hydrogens (primary N) is 1. The lowest BCUT2D eigenvalue weighted by molar-refractivity contribution is 0.260. The molecule has 4 nitrogen and oxygen atoms in total. The Morgan fingerprint density at radius 1 is 1.33 bits per heavy atom. The Morgan fingerprint density at radius 2 is 2.10 bits per heavy atom. The van der Waals surface area contributed by atoms with Gasteiger partial charge in [-0.2, -0.15) is 0 Å². The van der Waals surface area contributed by atoms with Crippen LogP contribution in [0.3, 0.4) is 0 Å². The predicted molar refractivity (Wildman–Crippen MR) is 90.1 cm³/mol. The number of rotatable bonds is 5. The fourth-order valence-electron chi connectivity index (χ4n) is 3.53. The van der Waals surface area contributed by atoms with Gasteiger partial charge in [0.15, 0.2) is 5.13 Å². The minimum Gasteiger partial charge on any atom is -0.346 e. The van der Waals surface area contributed by atoms with Gasteiger partial charge < -0.3 is 10.6 Å². The zero-order valence-corrected chi connectivity index (χ0v) is 14.2. The standard InChI is InChI=1S/C16H28N4S/c1-3-12(2)15-14(10-17)21-16(18-15)20-9-6-13(11-20)19-7-4-5-8-19/h12-13H,3-11,17H2,1-2H3. The molecule has 2 aliphatic rings. The normalized spacial score (nSPS) is 24.9. The highest BCUT2D eigenvalue weighted by Gasteiger charge is 2.31. The molecule has 3 rings (SSSR count). The maximum absolute atomic E-state index is 5.93. The Hall–Kier alpha value is -0.650. The summed E-state index contributed by atoms with van der Waals surface area (Å²) in [7, 11) is 0. The molecule has 0 bridgehead atoms. The third-order valence-corrected chi connectivity index (χ3v) is 6.23. The smallest absolute Gasteiger partial charge is 0.185 e. The first kappa shape index (κ1) is 15.3. The summed E-state index contributed by atoms with van der Waals surface area (Å²) in [4.78, 5) is 11.4. The summed E-state index contributed by atoms with van der Waals surface area (Å²) in [5.74, 6) is 0.519. The van der Waals surface area contributed by atoms with Crippen molar-refractivity contribution in [3.63, 3.8) is 0 Å². The van der Waals surface area contributed by atoms with Crippen LogP contribution in [0.1, 0.15) is 56.0 Å². The van der Waals surface area contributed by atoms with Crippen LogP contribution in [0.25, 0.3) is 0 Å². The van der Waals surface area contributed by atoms with Crippen LogP contribution in [0.15, 0.2) is 0 Å². The quantitative estimate of drug-likeness (QED) is 0.908. The number of aromatic nitrogens is 1. The fraction of sp³-hybridized carbons (Fsp3) is 0.812. The molecule has 2 aliphatic heterocycles. The second-order valence-corrected chi connectivity index (χ2v) is 7.51. The summed E-state index contributed by atoms with van der Waals surface area (Å²) >= 11 is 1.82. The first-order chi connectivity index (χ1) is 10.2. The third-order valence-electron chi connectivity index (χ3n) is 5.07. The maximum Gasteiger partial charge on any atom is 0.185 e. The van der Waals surface area contributed by atoms with Crippen molar-refractivity contribution in [2.45, 2.75) is 58.0 Å². The Balaban J connectivity index is 1.71. The lowest BCUT2D eigenvalue weighted by atomic mass is 10.0. The van der Waals surface area contributed by atoms with Crippen LogP contribution in [0.5, 0.6) is 0 Å². The van der Waals surface area contributed by atoms with Crippen molar-refractivity contribution in [1.82, 2.24) is 9.88 Å². The Kier molecular flexibility index (Phi) is 4.82. The molecule has 2 N–H and O–H groups in total. The Bertz CT molecular complexity index is 467. The first-order valence-corrected chi connectivity index (χ1v) is 9.23. The van der Waals surface area contributed by atoms with Crippen LogP contribution >= 0.6 is 11.3 Å². The van der Waals surface area contributed by atoms with E-state index in [1.165, 1.54) is 48.1 Å². The van der Waals surface area contributed by atoms with Crippen molar-refractivity contribution in [3.05, 3.63) is 10.6 Å². The van der Waals surface area contributed by atoms with Gasteiger partial charge in [0.25, 0.3) is 0 Å². The summed E-state index contributed by atoms with van der Waals surface area (Å²) in [6.45, 7) is 10.0. The van der Waals surface area contributed by atoms with Gasteiger partial charge in [-0.1, -0.05) is 13.8 Å². The van der Waals surface area contributed by atoms with Gasteiger partial charge >= 0.3 is 0 Å². The summed E-state index contributed by atoms with van der Waals surface area (Å²) in [5, 5.41) is 1.20. The number of nitrogens with zero attached hydrogens (tertiary/aromatic N) is 3. The number of hydrogen-bond acceptors (Lipinski definition) is 5. The lowest BCUT2D eigenvalue weighted by Crippen LogP contribution is -2.35. The molecule has 2 unspecified atom stereocenters. The van der Waals surface area contributed by atoms with Crippen molar-refractivity contribution in [3.8, 4) is 0 Å². The van der Waals surface area contributed by atoms with E-state index in [2.05, 4.69) is 23.6 Å². The highest BCUT2D eigenvalue weighted by Crippen LogP contribution is 2.34. The summed E-state index contributed by atoms with van der Waals surface area (Å²) in [6.07, 6.45) is 5.18. The molecule has 1 aromatic heterocycles. The average molecular weight is 308 g/mol. The molecule has 3 heterocycles. The minimum atomic E-state index is 0.519. The van der Waals surface area contributed by atoms with Crippen LogP contribution in [0.2, 0.25) is 0 Å². The average Bonchev–Trinajstić information content (AvgIpc) is 3.23. The van der Waals surface area contributed by atoms with Crippen LogP contribution in [-0.4, -0.2) is 42.1 Å². The van der Waals surface area contributed by atoms with Gasteiger partial charge in [0.2, 0.25) is 0 Å². The van der Waals surface area contributed by atoms with Crippen LogP contribution < -0.4 is 10.6 Å². The van der Waals surface area contributed by atoms with E-state index in [1.54, 1.807) is 0 Å². The zero-order valence-electron chi connectivity index (χ0n) is 13.3. The lowest BCUT2D eigenvalue weighted by Gasteiger charge is -2.23. The van der Waals surface area contributed by atoms with Gasteiger partial charge in [0, 0.05) is 30.6 Å². The van der Waals surface area contributed by atoms with E-state index < -0.39 is 0 Å². The molecular formula is C16H28N4S. The summed E-state index contributed by atoms with van der Waals surface area (Å²) in [6, 6.07) is 0.741. The van der Waals surface area contributed by atoms with Gasteiger partial charge in [0.1, 0.15) is 0 Å². The molecule has 2 fully saturated rings. The summed E-state index contributed by atoms with van der Waals surface area (Å²) < 4.78 is 0. The van der Waals surface area contributed by atoms with Crippen molar-refractivity contribution in [2.24, 2.45) is 5.73 Å². The molecule has 2 atom stereocenters. The Labute approximate surface area is 132 Å². The molecule has 0 radical (unpaired) electrons. The van der Waals surface area contributed by atoms with Gasteiger partial charge in [-0.25, -0.2) is 4.98 Å². The van der Waals surface area contributed by atoms with E-state index in [9.17, 15) is 0 Å². The second-order valence-electron chi connectivity index (χ2n) is 6.45. The molecule has 0 aromatic carbocycles. The molecule has 21 heavy (non-hydrogen) atoms. The molecule has 0 amide bonds. The van der Waals surface area contributed by atoms with E-state index in [0.717, 1.165) is 25.6 Å². The molecule has 2 saturated heterocycles. The second kappa shape index (κ2) is 6.63. The van der Waals surface area contributed by atoms with Gasteiger partial charge in [-0.05, 0) is 44.7 Å². The number of anilines is 1. The largest absolute Gasteiger partial charge is 0.346 e. The topological polar surface area (TPSA) is 45.4 Å². The molecule has 0 spiro atoms. The van der Waals surface area contributed by atoms with Crippen molar-refractivity contribution in [1.29, 1.82) is 0 Å². The monoisotopic (exact) mass is 308 g/mol. The summed E-state index contributed by atoms with van der Waals surface area (Å²) in [5.41, 5.74) is 7.17. The van der Waals surface area contributed by atoms with Crippen LogP contribution in [0.4, 0.5) is 5.13 Å². The fourth-order valence-corrected chi connectivity index (χ4v) is 4.62. The molecule has 118 valence electrons. The number of thiazole rings is 1. The van der Waals surface area contributed by atoms with Crippen molar-refractivity contribution >= 4 is 16.5 Å². The first-order valence-electron chi connectivity index (χ1n) is 8.41. The van der Waals surface area contributed by atoms with E-state index in [4.69, 9.17) is 10.7 Å². The highest BCUT2D eigenvalue weighted by atomic mass is 32.1. The van der Waals surface area contributed by atoms with Gasteiger partial charge in [-0.3, -0.25) is 4.90 Å². The van der Waals surface area contributed by atoms with E-state index in [1.807, 2.05) is 11.3 Å². The van der Waals surface area contributed by atoms with Crippen molar-refractivity contribution in [2.75, 3.05) is 31.1 Å². The zero-order chi connectivity index (χ0) is 14.8. The number of hydrogen-bond donors (Lipinski definition) is 1. The highest BCUT2D eigenvalue weighted by molar-refractivity contribution is 7.15. The Morgan fingerprint density at radius 3 is 2.76 bits per heavy atom. The molecule has 0 saturated carbocycles. The molecule has 5 heteroatoms. The molecule has 0 aliphatic carbocycles. The van der Waals surface area contributed by atoms with Crippen LogP contribution in [0, 0.1) is 0 Å². The molecule has 1 aromatic rings. The SMILES string of the molecule is CCC(C)c1nc(N2CCC(N3CCCC3)C2)sc1CN. The molecular weight excluding hydrogens is 280 g/mol. The number of likely N-dealkylation sites (tertiary alicyclic amines) is 1.